The van der Waals surface area contributed by atoms with Gasteiger partial charge in [0.2, 0.25) is 0 Å². The Balaban J connectivity index is 1.28. The van der Waals surface area contributed by atoms with Gasteiger partial charge < -0.3 is 28.4 Å². The van der Waals surface area contributed by atoms with E-state index < -0.39 is 11.9 Å². The fraction of sp³-hybridized carbons (Fsp3) is 0.448. The van der Waals surface area contributed by atoms with E-state index in [2.05, 4.69) is 13.5 Å². The SMILES string of the molecule is C=CC(=O)OCCCCOc1ccc(C(=O)Oc2ccc(OCCCCOCC3(C)COC3)cc2)cc1. The summed E-state index contributed by atoms with van der Waals surface area (Å²) in [5.74, 6) is 0.934. The lowest BCUT2D eigenvalue weighted by Crippen LogP contribution is -2.43. The average molecular weight is 513 g/mol. The van der Waals surface area contributed by atoms with Gasteiger partial charge in [0.05, 0.1) is 45.2 Å². The second-order valence-corrected chi connectivity index (χ2v) is 9.22. The zero-order valence-electron chi connectivity index (χ0n) is 21.4. The van der Waals surface area contributed by atoms with E-state index in [9.17, 15) is 9.59 Å². The number of rotatable bonds is 17. The highest BCUT2D eigenvalue weighted by Crippen LogP contribution is 2.26. The van der Waals surface area contributed by atoms with Gasteiger partial charge in [0.1, 0.15) is 17.2 Å². The van der Waals surface area contributed by atoms with Crippen molar-refractivity contribution in [2.24, 2.45) is 5.41 Å². The molecule has 0 spiro atoms. The van der Waals surface area contributed by atoms with Crippen molar-refractivity contribution >= 4 is 11.9 Å². The van der Waals surface area contributed by atoms with Crippen LogP contribution in [0, 0.1) is 5.41 Å². The maximum Gasteiger partial charge on any atom is 0.343 e. The molecule has 200 valence electrons. The van der Waals surface area contributed by atoms with Gasteiger partial charge in [-0.2, -0.15) is 0 Å². The fourth-order valence-corrected chi connectivity index (χ4v) is 3.43. The Bertz CT molecular complexity index is 980. The molecule has 2 aromatic carbocycles. The second kappa shape index (κ2) is 15.0. The van der Waals surface area contributed by atoms with E-state index >= 15 is 0 Å². The molecule has 0 radical (unpaired) electrons. The number of hydrogen-bond acceptors (Lipinski definition) is 8. The summed E-state index contributed by atoms with van der Waals surface area (Å²) in [6.07, 6.45) is 4.40. The number of unbranched alkanes of at least 4 members (excludes halogenated alkanes) is 2. The van der Waals surface area contributed by atoms with Crippen LogP contribution in [0.5, 0.6) is 17.2 Å². The standard InChI is InChI=1S/C29H36O8/c1-3-27(30)36-19-7-6-18-34-24-10-8-23(9-11-24)28(31)37-26-14-12-25(13-15-26)35-17-5-4-16-32-20-29(2)21-33-22-29/h3,8-15H,1,4-7,16-22H2,2H3. The summed E-state index contributed by atoms with van der Waals surface area (Å²) in [7, 11) is 0. The van der Waals surface area contributed by atoms with Crippen molar-refractivity contribution in [2.75, 3.05) is 46.2 Å². The molecule has 1 saturated heterocycles. The lowest BCUT2D eigenvalue weighted by atomic mass is 9.90. The summed E-state index contributed by atoms with van der Waals surface area (Å²) < 4.78 is 32.7. The van der Waals surface area contributed by atoms with E-state index in [4.69, 9.17) is 28.4 Å². The quantitative estimate of drug-likeness (QED) is 0.127. The molecule has 1 aliphatic rings. The third-order valence-electron chi connectivity index (χ3n) is 5.65. The van der Waals surface area contributed by atoms with Gasteiger partial charge in [0.25, 0.3) is 0 Å². The molecule has 1 fully saturated rings. The van der Waals surface area contributed by atoms with E-state index in [0.717, 1.165) is 57.5 Å². The molecule has 0 bridgehead atoms. The van der Waals surface area contributed by atoms with Gasteiger partial charge in [0.15, 0.2) is 0 Å². The normalized spacial score (nSPS) is 13.8. The molecule has 0 unspecified atom stereocenters. The maximum atomic E-state index is 12.4. The van der Waals surface area contributed by atoms with Gasteiger partial charge in [-0.05, 0) is 74.2 Å². The molecule has 2 aromatic rings. The van der Waals surface area contributed by atoms with Crippen molar-refractivity contribution in [1.82, 2.24) is 0 Å². The van der Waals surface area contributed by atoms with Crippen LogP contribution in [0.2, 0.25) is 0 Å². The highest BCUT2D eigenvalue weighted by molar-refractivity contribution is 5.91. The first-order valence-corrected chi connectivity index (χ1v) is 12.6. The minimum Gasteiger partial charge on any atom is -0.494 e. The molecule has 0 saturated carbocycles. The fourth-order valence-electron chi connectivity index (χ4n) is 3.43. The number of benzene rings is 2. The molecule has 0 aromatic heterocycles. The third kappa shape index (κ3) is 10.3. The molecular formula is C29H36O8. The van der Waals surface area contributed by atoms with Gasteiger partial charge in [0, 0.05) is 18.1 Å². The predicted molar refractivity (Wildman–Crippen MR) is 138 cm³/mol. The zero-order valence-corrected chi connectivity index (χ0v) is 21.4. The highest BCUT2D eigenvalue weighted by atomic mass is 16.5. The summed E-state index contributed by atoms with van der Waals surface area (Å²) in [5.41, 5.74) is 0.608. The van der Waals surface area contributed by atoms with E-state index in [1.165, 1.54) is 0 Å². The molecule has 0 amide bonds. The van der Waals surface area contributed by atoms with E-state index in [1.807, 2.05) is 0 Å². The molecule has 37 heavy (non-hydrogen) atoms. The van der Waals surface area contributed by atoms with Crippen molar-refractivity contribution in [1.29, 1.82) is 0 Å². The number of carbonyl (C=O) groups excluding carboxylic acids is 2. The van der Waals surface area contributed by atoms with Crippen molar-refractivity contribution in [3.05, 3.63) is 66.7 Å². The van der Waals surface area contributed by atoms with Crippen LogP contribution in [0.3, 0.4) is 0 Å². The summed E-state index contributed by atoms with van der Waals surface area (Å²) in [6.45, 7) is 9.95. The summed E-state index contributed by atoms with van der Waals surface area (Å²) in [4.78, 5) is 23.4. The van der Waals surface area contributed by atoms with Gasteiger partial charge in [-0.25, -0.2) is 9.59 Å². The Morgan fingerprint density at radius 2 is 1.38 bits per heavy atom. The second-order valence-electron chi connectivity index (χ2n) is 9.22. The van der Waals surface area contributed by atoms with E-state index in [0.29, 0.717) is 43.3 Å². The number of carbonyl (C=O) groups is 2. The van der Waals surface area contributed by atoms with Crippen LogP contribution >= 0.6 is 0 Å². The van der Waals surface area contributed by atoms with Crippen molar-refractivity contribution in [3.8, 4) is 17.2 Å². The maximum absolute atomic E-state index is 12.4. The van der Waals surface area contributed by atoms with Gasteiger partial charge in [-0.15, -0.1) is 0 Å². The molecule has 0 aliphatic carbocycles. The van der Waals surface area contributed by atoms with Crippen LogP contribution in [0.15, 0.2) is 61.2 Å². The largest absolute Gasteiger partial charge is 0.494 e. The van der Waals surface area contributed by atoms with E-state index in [-0.39, 0.29) is 5.41 Å². The average Bonchev–Trinajstić information content (AvgIpc) is 2.90. The van der Waals surface area contributed by atoms with Crippen LogP contribution in [-0.4, -0.2) is 58.2 Å². The van der Waals surface area contributed by atoms with Crippen LogP contribution in [0.1, 0.15) is 43.0 Å². The van der Waals surface area contributed by atoms with Crippen molar-refractivity contribution in [2.45, 2.75) is 32.6 Å². The lowest BCUT2D eigenvalue weighted by molar-refractivity contribution is -0.138. The number of hydrogen-bond donors (Lipinski definition) is 0. The Morgan fingerprint density at radius 3 is 1.95 bits per heavy atom. The smallest absolute Gasteiger partial charge is 0.343 e. The Morgan fingerprint density at radius 1 is 0.838 bits per heavy atom. The summed E-state index contributed by atoms with van der Waals surface area (Å²) in [5, 5.41) is 0. The number of ether oxygens (including phenoxy) is 6. The summed E-state index contributed by atoms with van der Waals surface area (Å²) in [6, 6.07) is 13.7. The number of esters is 2. The molecule has 8 nitrogen and oxygen atoms in total. The molecule has 0 N–H and O–H groups in total. The third-order valence-corrected chi connectivity index (χ3v) is 5.65. The zero-order chi connectivity index (χ0) is 26.3. The van der Waals surface area contributed by atoms with Crippen LogP contribution < -0.4 is 14.2 Å². The Labute approximate surface area is 218 Å². The lowest BCUT2D eigenvalue weighted by Gasteiger charge is -2.37. The van der Waals surface area contributed by atoms with Crippen LogP contribution in [0.4, 0.5) is 0 Å². The summed E-state index contributed by atoms with van der Waals surface area (Å²) >= 11 is 0. The minimum atomic E-state index is -0.452. The first kappa shape index (κ1) is 28.2. The Kier molecular flexibility index (Phi) is 11.5. The van der Waals surface area contributed by atoms with Gasteiger partial charge in [-0.1, -0.05) is 13.5 Å². The molecule has 0 atom stereocenters. The first-order valence-electron chi connectivity index (χ1n) is 12.6. The molecule has 1 heterocycles. The first-order chi connectivity index (χ1) is 18.0. The predicted octanol–water partition coefficient (Wildman–Crippen LogP) is 5.01. The molecular weight excluding hydrogens is 476 g/mol. The van der Waals surface area contributed by atoms with Gasteiger partial charge in [-0.3, -0.25) is 0 Å². The van der Waals surface area contributed by atoms with Crippen LogP contribution in [0.25, 0.3) is 0 Å². The highest BCUT2D eigenvalue weighted by Gasteiger charge is 2.33. The minimum absolute atomic E-state index is 0.187. The van der Waals surface area contributed by atoms with Crippen molar-refractivity contribution in [3.63, 3.8) is 0 Å². The van der Waals surface area contributed by atoms with E-state index in [1.54, 1.807) is 48.5 Å². The monoisotopic (exact) mass is 512 g/mol. The van der Waals surface area contributed by atoms with Crippen molar-refractivity contribution < 1.29 is 38.0 Å². The van der Waals surface area contributed by atoms with Crippen LogP contribution in [-0.2, 0) is 19.0 Å². The Hall–Kier alpha value is -3.36. The van der Waals surface area contributed by atoms with Gasteiger partial charge >= 0.3 is 11.9 Å². The topological polar surface area (TPSA) is 89.5 Å². The molecule has 1 aliphatic heterocycles. The molecule has 3 rings (SSSR count). The molecule has 8 heteroatoms.